The Labute approximate surface area is 150 Å². The summed E-state index contributed by atoms with van der Waals surface area (Å²) in [7, 11) is -4.21. The van der Waals surface area contributed by atoms with Gasteiger partial charge in [-0.25, -0.2) is 17.2 Å². The molecule has 0 aromatic heterocycles. The lowest BCUT2D eigenvalue weighted by atomic mass is 10.1. The van der Waals surface area contributed by atoms with E-state index in [9.17, 15) is 22.0 Å². The minimum atomic E-state index is -4.21. The lowest BCUT2D eigenvalue weighted by Crippen LogP contribution is -2.16. The third-order valence-corrected chi connectivity index (χ3v) is 6.02. The Morgan fingerprint density at radius 1 is 1.17 bits per heavy atom. The van der Waals surface area contributed by atoms with Gasteiger partial charge >= 0.3 is 0 Å². The number of nitrogens with one attached hydrogen (secondary N) is 1. The van der Waals surface area contributed by atoms with Gasteiger partial charge in [0.2, 0.25) is 0 Å². The molecule has 0 radical (unpaired) electrons. The van der Waals surface area contributed by atoms with Crippen molar-refractivity contribution >= 4 is 49.0 Å². The highest BCUT2D eigenvalue weighted by atomic mass is 79.9. The van der Waals surface area contributed by atoms with Crippen LogP contribution in [0.2, 0.25) is 5.02 Å². The first-order chi connectivity index (χ1) is 11.2. The van der Waals surface area contributed by atoms with Crippen LogP contribution in [0.1, 0.15) is 22.3 Å². The molecule has 24 heavy (non-hydrogen) atoms. The molecule has 0 heterocycles. The zero-order valence-electron chi connectivity index (χ0n) is 11.9. The Morgan fingerprint density at radius 2 is 1.88 bits per heavy atom. The molecule has 0 saturated carbocycles. The van der Waals surface area contributed by atoms with Crippen LogP contribution in [0.3, 0.4) is 0 Å². The van der Waals surface area contributed by atoms with E-state index in [-0.39, 0.29) is 34.1 Å². The van der Waals surface area contributed by atoms with Crippen molar-refractivity contribution in [3.63, 3.8) is 0 Å². The van der Waals surface area contributed by atoms with Gasteiger partial charge in [0, 0.05) is 17.0 Å². The zero-order valence-corrected chi connectivity index (χ0v) is 15.0. The standard InChI is InChI=1S/C15H9BrClF2NO3S/c16-14-10(18)2-3-11(15(14)19)20-24(22,23)13-6-7(17)5-9-8(13)1-4-12(9)21/h2-3,5-6,20H,1,4H2. The van der Waals surface area contributed by atoms with Crippen molar-refractivity contribution in [1.82, 2.24) is 0 Å². The molecule has 1 aliphatic rings. The highest BCUT2D eigenvalue weighted by Crippen LogP contribution is 2.34. The summed E-state index contributed by atoms with van der Waals surface area (Å²) in [6, 6.07) is 4.53. The molecule has 0 bridgehead atoms. The van der Waals surface area contributed by atoms with Crippen LogP contribution in [0.4, 0.5) is 14.5 Å². The van der Waals surface area contributed by atoms with Gasteiger partial charge < -0.3 is 0 Å². The van der Waals surface area contributed by atoms with Crippen molar-refractivity contribution in [2.75, 3.05) is 4.72 Å². The van der Waals surface area contributed by atoms with E-state index in [1.165, 1.54) is 12.1 Å². The lowest BCUT2D eigenvalue weighted by molar-refractivity contribution is 0.0994. The highest BCUT2D eigenvalue weighted by molar-refractivity contribution is 9.10. The van der Waals surface area contributed by atoms with Crippen molar-refractivity contribution in [3.8, 4) is 0 Å². The van der Waals surface area contributed by atoms with Crippen LogP contribution in [0.5, 0.6) is 0 Å². The van der Waals surface area contributed by atoms with Crippen LogP contribution >= 0.6 is 27.5 Å². The summed E-state index contributed by atoms with van der Waals surface area (Å²) in [5.74, 6) is -2.13. The number of hydrogen-bond acceptors (Lipinski definition) is 3. The van der Waals surface area contributed by atoms with Crippen molar-refractivity contribution in [2.24, 2.45) is 0 Å². The topological polar surface area (TPSA) is 63.2 Å². The maximum Gasteiger partial charge on any atom is 0.262 e. The SMILES string of the molecule is O=C1CCc2c1cc(Cl)cc2S(=O)(=O)Nc1ccc(F)c(Br)c1F. The summed E-state index contributed by atoms with van der Waals surface area (Å²) < 4.78 is 54.1. The average Bonchev–Trinajstić information content (AvgIpc) is 2.88. The van der Waals surface area contributed by atoms with Gasteiger partial charge in [0.25, 0.3) is 10.0 Å². The number of hydrogen-bond donors (Lipinski definition) is 1. The molecule has 126 valence electrons. The predicted octanol–water partition coefficient (Wildman–Crippen LogP) is 4.31. The van der Waals surface area contributed by atoms with E-state index in [1.54, 1.807) is 0 Å². The largest absolute Gasteiger partial charge is 0.294 e. The second kappa shape index (κ2) is 6.09. The maximum absolute atomic E-state index is 14.0. The first kappa shape index (κ1) is 17.3. The van der Waals surface area contributed by atoms with Crippen molar-refractivity contribution in [2.45, 2.75) is 17.7 Å². The van der Waals surface area contributed by atoms with E-state index in [0.29, 0.717) is 5.56 Å². The number of benzene rings is 2. The van der Waals surface area contributed by atoms with Crippen LogP contribution in [-0.2, 0) is 16.4 Å². The molecule has 1 aliphatic carbocycles. The number of rotatable bonds is 3. The second-order valence-electron chi connectivity index (χ2n) is 5.18. The third-order valence-electron chi connectivity index (χ3n) is 3.65. The van der Waals surface area contributed by atoms with E-state index < -0.39 is 31.8 Å². The molecule has 0 fully saturated rings. The molecule has 0 spiro atoms. The molecule has 1 N–H and O–H groups in total. The number of fused-ring (bicyclic) bond motifs is 1. The van der Waals surface area contributed by atoms with E-state index in [4.69, 9.17) is 11.6 Å². The number of carbonyl (C=O) groups is 1. The Morgan fingerprint density at radius 3 is 2.58 bits per heavy atom. The molecule has 0 amide bonds. The quantitative estimate of drug-likeness (QED) is 0.729. The van der Waals surface area contributed by atoms with Crippen LogP contribution in [0.25, 0.3) is 0 Å². The number of anilines is 1. The molecule has 0 atom stereocenters. The van der Waals surface area contributed by atoms with Gasteiger partial charge in [0.1, 0.15) is 5.82 Å². The van der Waals surface area contributed by atoms with Crippen LogP contribution in [-0.4, -0.2) is 14.2 Å². The fourth-order valence-electron chi connectivity index (χ4n) is 2.54. The number of halogens is 4. The summed E-state index contributed by atoms with van der Waals surface area (Å²) in [6.07, 6.45) is 0.450. The van der Waals surface area contributed by atoms with Crippen LogP contribution < -0.4 is 4.72 Å². The molecule has 4 nitrogen and oxygen atoms in total. The first-order valence-corrected chi connectivity index (χ1v) is 9.38. The number of ketones is 1. The normalized spacial score (nSPS) is 13.9. The summed E-state index contributed by atoms with van der Waals surface area (Å²) in [6.45, 7) is 0. The monoisotopic (exact) mass is 435 g/mol. The third kappa shape index (κ3) is 2.94. The van der Waals surface area contributed by atoms with E-state index in [0.717, 1.165) is 12.1 Å². The van der Waals surface area contributed by atoms with Crippen molar-refractivity contribution < 1.29 is 22.0 Å². The molecular formula is C15H9BrClF2NO3S. The molecule has 9 heteroatoms. The molecule has 0 aliphatic heterocycles. The van der Waals surface area contributed by atoms with Gasteiger partial charge in [-0.3, -0.25) is 9.52 Å². The summed E-state index contributed by atoms with van der Waals surface area (Å²) in [4.78, 5) is 11.6. The molecular weight excluding hydrogens is 428 g/mol. The number of sulfonamides is 1. The van der Waals surface area contributed by atoms with Crippen LogP contribution in [0, 0.1) is 11.6 Å². The molecule has 0 saturated heterocycles. The minimum Gasteiger partial charge on any atom is -0.294 e. The Hall–Kier alpha value is -1.51. The maximum atomic E-state index is 14.0. The second-order valence-corrected chi connectivity index (χ2v) is 8.06. The van der Waals surface area contributed by atoms with E-state index >= 15 is 0 Å². The van der Waals surface area contributed by atoms with Gasteiger partial charge in [-0.2, -0.15) is 0 Å². The first-order valence-electron chi connectivity index (χ1n) is 6.72. The number of Topliss-reactive ketones (excluding diaryl/α,β-unsaturated/α-hetero) is 1. The molecule has 0 unspecified atom stereocenters. The summed E-state index contributed by atoms with van der Waals surface area (Å²) >= 11 is 8.62. The Kier molecular flexibility index (Phi) is 4.39. The highest BCUT2D eigenvalue weighted by Gasteiger charge is 2.29. The summed E-state index contributed by atoms with van der Waals surface area (Å²) in [5, 5.41) is 0.0881. The average molecular weight is 437 g/mol. The predicted molar refractivity (Wildman–Crippen MR) is 89.0 cm³/mol. The van der Waals surface area contributed by atoms with Crippen molar-refractivity contribution in [3.05, 3.63) is 56.5 Å². The van der Waals surface area contributed by atoms with Gasteiger partial charge in [0.05, 0.1) is 15.1 Å². The van der Waals surface area contributed by atoms with Gasteiger partial charge in [0.15, 0.2) is 11.6 Å². The lowest BCUT2D eigenvalue weighted by Gasteiger charge is -2.13. The zero-order chi connectivity index (χ0) is 17.6. The molecule has 3 rings (SSSR count). The van der Waals surface area contributed by atoms with Crippen LogP contribution in [0.15, 0.2) is 33.6 Å². The summed E-state index contributed by atoms with van der Waals surface area (Å²) in [5.41, 5.74) is 0.184. The van der Waals surface area contributed by atoms with Gasteiger partial charge in [-0.1, -0.05) is 11.6 Å². The fraction of sp³-hybridized carbons (Fsp3) is 0.133. The van der Waals surface area contributed by atoms with Gasteiger partial charge in [-0.05, 0) is 52.2 Å². The smallest absolute Gasteiger partial charge is 0.262 e. The minimum absolute atomic E-state index is 0.0881. The molecule has 2 aromatic carbocycles. The fourth-order valence-corrected chi connectivity index (χ4v) is 4.54. The van der Waals surface area contributed by atoms with Gasteiger partial charge in [-0.15, -0.1) is 0 Å². The van der Waals surface area contributed by atoms with E-state index in [1.807, 2.05) is 0 Å². The number of carbonyl (C=O) groups excluding carboxylic acids is 1. The van der Waals surface area contributed by atoms with E-state index in [2.05, 4.69) is 20.7 Å². The Balaban J connectivity index is 2.09. The Bertz CT molecular complexity index is 979. The molecule has 2 aromatic rings. The van der Waals surface area contributed by atoms with Crippen molar-refractivity contribution in [1.29, 1.82) is 0 Å².